The SMILES string of the molecule is [SeH2].c1ccc2ocnc2c1. The largest absolute Gasteiger partial charge is 0.443 e. The zero-order valence-corrected chi connectivity index (χ0v) is 7.34. The average Bonchev–Trinajstić information content (AvgIpc) is 2.33. The first-order chi connectivity index (χ1) is 4.47. The fourth-order valence-corrected chi connectivity index (χ4v) is 0.803. The van der Waals surface area contributed by atoms with Gasteiger partial charge in [-0.25, -0.2) is 4.98 Å². The summed E-state index contributed by atoms with van der Waals surface area (Å²) in [5, 5.41) is 0. The Hall–Kier alpha value is -0.791. The van der Waals surface area contributed by atoms with Crippen LogP contribution in [0.2, 0.25) is 0 Å². The first kappa shape index (κ1) is 7.32. The predicted molar refractivity (Wildman–Crippen MR) is 42.6 cm³/mol. The van der Waals surface area contributed by atoms with Crippen molar-refractivity contribution >= 4 is 28.2 Å². The van der Waals surface area contributed by atoms with Crippen molar-refractivity contribution in [2.75, 3.05) is 0 Å². The van der Waals surface area contributed by atoms with E-state index in [0.717, 1.165) is 11.1 Å². The second kappa shape index (κ2) is 2.86. The van der Waals surface area contributed by atoms with Gasteiger partial charge in [-0.2, -0.15) is 0 Å². The standard InChI is InChI=1S/C7H5NO.H2Se/c1-2-4-7-6(3-1)8-5-9-7;/h1-5H;1H2. The van der Waals surface area contributed by atoms with Gasteiger partial charge in [0.05, 0.1) is 0 Å². The molecule has 1 aromatic heterocycles. The van der Waals surface area contributed by atoms with Gasteiger partial charge in [0.25, 0.3) is 0 Å². The van der Waals surface area contributed by atoms with Crippen molar-refractivity contribution in [3.05, 3.63) is 30.7 Å². The number of nitrogens with zero attached hydrogens (tertiary/aromatic N) is 1. The molecule has 0 atom stereocenters. The molecule has 0 fully saturated rings. The zero-order valence-electron chi connectivity index (χ0n) is 5.24. The molecular formula is C7H7NOSe. The zero-order chi connectivity index (χ0) is 6.10. The number of aromatic nitrogens is 1. The molecule has 0 spiro atoms. The van der Waals surface area contributed by atoms with Gasteiger partial charge in [0.15, 0.2) is 12.0 Å². The minimum Gasteiger partial charge on any atom is -0.443 e. The van der Waals surface area contributed by atoms with E-state index in [0.29, 0.717) is 0 Å². The Morgan fingerprint density at radius 1 is 1.20 bits per heavy atom. The van der Waals surface area contributed by atoms with E-state index >= 15 is 0 Å². The van der Waals surface area contributed by atoms with E-state index in [9.17, 15) is 0 Å². The summed E-state index contributed by atoms with van der Waals surface area (Å²) < 4.78 is 5.01. The third-order valence-corrected chi connectivity index (χ3v) is 1.24. The minimum absolute atomic E-state index is 0. The molecule has 0 saturated carbocycles. The first-order valence-corrected chi connectivity index (χ1v) is 2.75. The molecule has 0 aliphatic rings. The molecule has 0 aliphatic heterocycles. The molecule has 0 saturated heterocycles. The molecule has 2 rings (SSSR count). The summed E-state index contributed by atoms with van der Waals surface area (Å²) in [5.41, 5.74) is 1.76. The van der Waals surface area contributed by atoms with Gasteiger partial charge in [-0.1, -0.05) is 12.1 Å². The quantitative estimate of drug-likeness (QED) is 0.591. The third kappa shape index (κ3) is 1.06. The van der Waals surface area contributed by atoms with Crippen molar-refractivity contribution in [3.8, 4) is 0 Å². The van der Waals surface area contributed by atoms with E-state index in [-0.39, 0.29) is 17.1 Å². The molecule has 3 heteroatoms. The fourth-order valence-electron chi connectivity index (χ4n) is 0.803. The first-order valence-electron chi connectivity index (χ1n) is 2.75. The van der Waals surface area contributed by atoms with Crippen LogP contribution in [-0.4, -0.2) is 22.1 Å². The Bertz CT molecular complexity index is 288. The van der Waals surface area contributed by atoms with E-state index in [1.807, 2.05) is 24.3 Å². The van der Waals surface area contributed by atoms with Gasteiger partial charge in [-0.15, -0.1) is 0 Å². The van der Waals surface area contributed by atoms with Crippen LogP contribution in [0.1, 0.15) is 0 Å². The number of rotatable bonds is 0. The Morgan fingerprint density at radius 2 is 2.00 bits per heavy atom. The van der Waals surface area contributed by atoms with Gasteiger partial charge in [-0.05, 0) is 12.1 Å². The van der Waals surface area contributed by atoms with Crippen LogP contribution < -0.4 is 0 Å². The van der Waals surface area contributed by atoms with Gasteiger partial charge in [-0.3, -0.25) is 0 Å². The van der Waals surface area contributed by atoms with Crippen molar-refractivity contribution in [3.63, 3.8) is 0 Å². The Balaban J connectivity index is 0.000000500. The maximum Gasteiger partial charge on any atom is 0.181 e. The van der Waals surface area contributed by atoms with E-state index in [4.69, 9.17) is 4.42 Å². The molecule has 0 unspecified atom stereocenters. The monoisotopic (exact) mass is 201 g/mol. The van der Waals surface area contributed by atoms with E-state index in [2.05, 4.69) is 4.98 Å². The van der Waals surface area contributed by atoms with E-state index < -0.39 is 0 Å². The molecular weight excluding hydrogens is 193 g/mol. The molecule has 1 aromatic carbocycles. The Labute approximate surface area is 68.7 Å². The summed E-state index contributed by atoms with van der Waals surface area (Å²) in [5.74, 6) is 0. The second-order valence-electron chi connectivity index (χ2n) is 1.82. The average molecular weight is 200 g/mol. The van der Waals surface area contributed by atoms with Crippen LogP contribution in [-0.2, 0) is 0 Å². The van der Waals surface area contributed by atoms with Crippen LogP contribution >= 0.6 is 0 Å². The molecule has 0 aliphatic carbocycles. The summed E-state index contributed by atoms with van der Waals surface area (Å²) in [6.07, 6.45) is 1.45. The third-order valence-electron chi connectivity index (χ3n) is 1.24. The summed E-state index contributed by atoms with van der Waals surface area (Å²) in [6.45, 7) is 0. The maximum atomic E-state index is 5.01. The number of oxazole rings is 1. The second-order valence-corrected chi connectivity index (χ2v) is 1.82. The van der Waals surface area contributed by atoms with Crippen LogP contribution in [0.25, 0.3) is 11.1 Å². The molecule has 0 N–H and O–H groups in total. The van der Waals surface area contributed by atoms with Crippen molar-refractivity contribution in [1.82, 2.24) is 4.98 Å². The number of hydrogen-bond acceptors (Lipinski definition) is 2. The van der Waals surface area contributed by atoms with Gasteiger partial charge in [0.2, 0.25) is 0 Å². The molecule has 10 heavy (non-hydrogen) atoms. The molecule has 2 aromatic rings. The number of benzene rings is 1. The fraction of sp³-hybridized carbons (Fsp3) is 0. The van der Waals surface area contributed by atoms with Gasteiger partial charge in [0.1, 0.15) is 5.52 Å². The Kier molecular flexibility index (Phi) is 2.09. The van der Waals surface area contributed by atoms with E-state index in [1.165, 1.54) is 6.39 Å². The van der Waals surface area contributed by atoms with Crippen molar-refractivity contribution < 1.29 is 4.42 Å². The number of hydrogen-bond donors (Lipinski definition) is 0. The van der Waals surface area contributed by atoms with Crippen molar-refractivity contribution in [2.45, 2.75) is 0 Å². The summed E-state index contributed by atoms with van der Waals surface area (Å²) >= 11 is 0. The molecule has 0 amide bonds. The minimum atomic E-state index is 0. The van der Waals surface area contributed by atoms with Crippen molar-refractivity contribution in [2.24, 2.45) is 0 Å². The molecule has 52 valence electrons. The van der Waals surface area contributed by atoms with Crippen LogP contribution in [0.15, 0.2) is 35.1 Å². The summed E-state index contributed by atoms with van der Waals surface area (Å²) in [4.78, 5) is 3.95. The molecule has 0 bridgehead atoms. The predicted octanol–water partition coefficient (Wildman–Crippen LogP) is 0.912. The van der Waals surface area contributed by atoms with E-state index in [1.54, 1.807) is 0 Å². The van der Waals surface area contributed by atoms with Crippen LogP contribution in [0.5, 0.6) is 0 Å². The molecule has 2 nitrogen and oxygen atoms in total. The van der Waals surface area contributed by atoms with Crippen molar-refractivity contribution in [1.29, 1.82) is 0 Å². The molecule has 0 radical (unpaired) electrons. The Morgan fingerprint density at radius 3 is 2.80 bits per heavy atom. The smallest absolute Gasteiger partial charge is 0.181 e. The van der Waals surface area contributed by atoms with Gasteiger partial charge in [0, 0.05) is 0 Å². The van der Waals surface area contributed by atoms with Crippen LogP contribution in [0.4, 0.5) is 0 Å². The van der Waals surface area contributed by atoms with Gasteiger partial charge >= 0.3 is 17.1 Å². The normalized spacial score (nSPS) is 9.20. The number of para-hydroxylation sites is 2. The summed E-state index contributed by atoms with van der Waals surface area (Å²) in [6, 6.07) is 7.67. The molecule has 1 heterocycles. The summed E-state index contributed by atoms with van der Waals surface area (Å²) in [7, 11) is 0. The van der Waals surface area contributed by atoms with Gasteiger partial charge < -0.3 is 4.42 Å². The van der Waals surface area contributed by atoms with Crippen LogP contribution in [0, 0.1) is 0 Å². The topological polar surface area (TPSA) is 26.0 Å². The number of fused-ring (bicyclic) bond motifs is 1. The van der Waals surface area contributed by atoms with Crippen LogP contribution in [0.3, 0.4) is 0 Å². The maximum absolute atomic E-state index is 5.01.